The molecule has 6 nitrogen and oxygen atoms in total. The number of hydrogen-bond acceptors (Lipinski definition) is 6. The van der Waals surface area contributed by atoms with Gasteiger partial charge in [-0.3, -0.25) is 0 Å². The molecule has 0 saturated carbocycles. The molecule has 0 amide bonds. The minimum Gasteiger partial charge on any atom is -0.481 e. The van der Waals surface area contributed by atoms with E-state index in [9.17, 15) is 0 Å². The number of nitrogen functional groups attached to an aromatic ring is 1. The van der Waals surface area contributed by atoms with E-state index in [2.05, 4.69) is 16.9 Å². The van der Waals surface area contributed by atoms with Gasteiger partial charge in [0.15, 0.2) is 0 Å². The number of anilines is 1. The maximum atomic E-state index is 5.49. The number of nitrogens with zero attached hydrogens (tertiary/aromatic N) is 2. The second-order valence-corrected chi connectivity index (χ2v) is 3.42. The molecule has 0 aromatic carbocycles. The number of nitrogens with two attached hydrogens (primary N) is 1. The van der Waals surface area contributed by atoms with Gasteiger partial charge in [0, 0.05) is 6.61 Å². The Morgan fingerprint density at radius 2 is 1.94 bits per heavy atom. The molecule has 1 aromatic heterocycles. The second kappa shape index (κ2) is 7.67. The SMILES string of the molecule is CCCCOCCOc1cc(OC)nc(N)n1. The number of aromatic nitrogens is 2. The molecular formula is C11H19N3O3. The minimum absolute atomic E-state index is 0.131. The summed E-state index contributed by atoms with van der Waals surface area (Å²) in [6.45, 7) is 3.85. The Labute approximate surface area is 101 Å². The summed E-state index contributed by atoms with van der Waals surface area (Å²) in [5.41, 5.74) is 5.49. The third kappa shape index (κ3) is 5.35. The van der Waals surface area contributed by atoms with E-state index in [1.54, 1.807) is 6.07 Å². The molecule has 96 valence electrons. The number of hydrogen-bond donors (Lipinski definition) is 1. The van der Waals surface area contributed by atoms with Crippen molar-refractivity contribution in [2.45, 2.75) is 19.8 Å². The lowest BCUT2D eigenvalue weighted by Gasteiger charge is -2.07. The first kappa shape index (κ1) is 13.5. The van der Waals surface area contributed by atoms with E-state index in [-0.39, 0.29) is 5.95 Å². The summed E-state index contributed by atoms with van der Waals surface area (Å²) >= 11 is 0. The van der Waals surface area contributed by atoms with Crippen LogP contribution in [0.3, 0.4) is 0 Å². The molecule has 1 rings (SSSR count). The van der Waals surface area contributed by atoms with E-state index in [4.69, 9.17) is 19.9 Å². The van der Waals surface area contributed by atoms with Crippen LogP contribution in [-0.4, -0.2) is 36.9 Å². The molecule has 6 heteroatoms. The summed E-state index contributed by atoms with van der Waals surface area (Å²) in [6, 6.07) is 1.59. The molecule has 0 fully saturated rings. The van der Waals surface area contributed by atoms with E-state index >= 15 is 0 Å². The van der Waals surface area contributed by atoms with Crippen LogP contribution in [-0.2, 0) is 4.74 Å². The Morgan fingerprint density at radius 3 is 2.65 bits per heavy atom. The van der Waals surface area contributed by atoms with Crippen LogP contribution in [0.5, 0.6) is 11.8 Å². The van der Waals surface area contributed by atoms with Crippen LogP contribution in [0.15, 0.2) is 6.07 Å². The van der Waals surface area contributed by atoms with Crippen molar-refractivity contribution in [1.29, 1.82) is 0 Å². The average molecular weight is 241 g/mol. The maximum absolute atomic E-state index is 5.49. The zero-order chi connectivity index (χ0) is 12.5. The molecule has 0 aliphatic rings. The van der Waals surface area contributed by atoms with Crippen molar-refractivity contribution in [3.8, 4) is 11.8 Å². The number of unbranched alkanes of at least 4 members (excludes halogenated alkanes) is 1. The fourth-order valence-corrected chi connectivity index (χ4v) is 1.15. The molecule has 0 atom stereocenters. The van der Waals surface area contributed by atoms with E-state index in [1.165, 1.54) is 7.11 Å². The van der Waals surface area contributed by atoms with E-state index in [0.29, 0.717) is 25.0 Å². The van der Waals surface area contributed by atoms with Crippen LogP contribution in [0.2, 0.25) is 0 Å². The molecule has 0 radical (unpaired) electrons. The molecule has 0 spiro atoms. The summed E-state index contributed by atoms with van der Waals surface area (Å²) in [5, 5.41) is 0. The Morgan fingerprint density at radius 1 is 1.18 bits per heavy atom. The smallest absolute Gasteiger partial charge is 0.226 e. The summed E-state index contributed by atoms with van der Waals surface area (Å²) in [7, 11) is 1.51. The van der Waals surface area contributed by atoms with Gasteiger partial charge in [0.05, 0.1) is 19.8 Å². The van der Waals surface area contributed by atoms with Crippen LogP contribution < -0.4 is 15.2 Å². The molecule has 0 saturated heterocycles. The Bertz CT molecular complexity index is 334. The highest BCUT2D eigenvalue weighted by Gasteiger charge is 2.03. The van der Waals surface area contributed by atoms with Gasteiger partial charge in [-0.05, 0) is 6.42 Å². The number of methoxy groups -OCH3 is 1. The highest BCUT2D eigenvalue weighted by Crippen LogP contribution is 2.15. The lowest BCUT2D eigenvalue weighted by molar-refractivity contribution is 0.0964. The van der Waals surface area contributed by atoms with Crippen molar-refractivity contribution in [2.24, 2.45) is 0 Å². The van der Waals surface area contributed by atoms with Gasteiger partial charge in [-0.25, -0.2) is 0 Å². The van der Waals surface area contributed by atoms with E-state index in [1.807, 2.05) is 0 Å². The van der Waals surface area contributed by atoms with Gasteiger partial charge in [0.2, 0.25) is 17.7 Å². The summed E-state index contributed by atoms with van der Waals surface area (Å²) in [4.78, 5) is 7.78. The largest absolute Gasteiger partial charge is 0.481 e. The standard InChI is InChI=1S/C11H19N3O3/c1-3-4-5-16-6-7-17-10-8-9(15-2)13-11(12)14-10/h8H,3-7H2,1-2H3,(H2,12,13,14). The topological polar surface area (TPSA) is 79.5 Å². The van der Waals surface area contributed by atoms with Crippen molar-refractivity contribution in [3.63, 3.8) is 0 Å². The van der Waals surface area contributed by atoms with Gasteiger partial charge >= 0.3 is 0 Å². The Kier molecular flexibility index (Phi) is 6.09. The summed E-state index contributed by atoms with van der Waals surface area (Å²) < 4.78 is 15.7. The maximum Gasteiger partial charge on any atom is 0.226 e. The third-order valence-corrected chi connectivity index (χ3v) is 2.03. The molecule has 2 N–H and O–H groups in total. The second-order valence-electron chi connectivity index (χ2n) is 3.42. The lowest BCUT2D eigenvalue weighted by atomic mass is 10.4. The Balaban J connectivity index is 2.28. The quantitative estimate of drug-likeness (QED) is 0.690. The number of ether oxygens (including phenoxy) is 3. The lowest BCUT2D eigenvalue weighted by Crippen LogP contribution is -2.09. The average Bonchev–Trinajstić information content (AvgIpc) is 2.33. The molecule has 0 aliphatic heterocycles. The molecule has 0 unspecified atom stereocenters. The van der Waals surface area contributed by atoms with Gasteiger partial charge in [0.25, 0.3) is 0 Å². The first-order chi connectivity index (χ1) is 8.26. The van der Waals surface area contributed by atoms with E-state index in [0.717, 1.165) is 19.4 Å². The molecule has 0 bridgehead atoms. The predicted molar refractivity (Wildman–Crippen MR) is 64.2 cm³/mol. The first-order valence-electron chi connectivity index (χ1n) is 5.65. The normalized spacial score (nSPS) is 10.2. The fraction of sp³-hybridized carbons (Fsp3) is 0.636. The van der Waals surface area contributed by atoms with Crippen LogP contribution >= 0.6 is 0 Å². The number of rotatable bonds is 8. The molecule has 1 aromatic rings. The van der Waals surface area contributed by atoms with Gasteiger partial charge in [-0.1, -0.05) is 13.3 Å². The van der Waals surface area contributed by atoms with Crippen molar-refractivity contribution in [3.05, 3.63) is 6.07 Å². The molecule has 17 heavy (non-hydrogen) atoms. The van der Waals surface area contributed by atoms with Gasteiger partial charge in [-0.15, -0.1) is 0 Å². The monoisotopic (exact) mass is 241 g/mol. The zero-order valence-electron chi connectivity index (χ0n) is 10.3. The van der Waals surface area contributed by atoms with Crippen molar-refractivity contribution in [2.75, 3.05) is 32.7 Å². The van der Waals surface area contributed by atoms with Crippen LogP contribution in [0.4, 0.5) is 5.95 Å². The zero-order valence-corrected chi connectivity index (χ0v) is 10.3. The summed E-state index contributed by atoms with van der Waals surface area (Å²) in [6.07, 6.45) is 2.19. The van der Waals surface area contributed by atoms with Crippen molar-refractivity contribution in [1.82, 2.24) is 9.97 Å². The van der Waals surface area contributed by atoms with Crippen LogP contribution in [0, 0.1) is 0 Å². The van der Waals surface area contributed by atoms with Gasteiger partial charge < -0.3 is 19.9 Å². The predicted octanol–water partition coefficient (Wildman–Crippen LogP) is 1.26. The first-order valence-corrected chi connectivity index (χ1v) is 5.65. The molecular weight excluding hydrogens is 222 g/mol. The van der Waals surface area contributed by atoms with Crippen LogP contribution in [0.25, 0.3) is 0 Å². The fourth-order valence-electron chi connectivity index (χ4n) is 1.15. The Hall–Kier alpha value is -1.56. The highest BCUT2D eigenvalue weighted by molar-refractivity contribution is 5.29. The third-order valence-electron chi connectivity index (χ3n) is 2.03. The van der Waals surface area contributed by atoms with E-state index < -0.39 is 0 Å². The van der Waals surface area contributed by atoms with Crippen LogP contribution in [0.1, 0.15) is 19.8 Å². The van der Waals surface area contributed by atoms with Gasteiger partial charge in [-0.2, -0.15) is 9.97 Å². The van der Waals surface area contributed by atoms with Gasteiger partial charge in [0.1, 0.15) is 6.61 Å². The van der Waals surface area contributed by atoms with Crippen molar-refractivity contribution < 1.29 is 14.2 Å². The minimum atomic E-state index is 0.131. The summed E-state index contributed by atoms with van der Waals surface area (Å²) in [5.74, 6) is 0.916. The molecule has 0 aliphatic carbocycles. The highest BCUT2D eigenvalue weighted by atomic mass is 16.5. The molecule has 1 heterocycles. The van der Waals surface area contributed by atoms with Crippen molar-refractivity contribution >= 4 is 5.95 Å².